The molecule has 0 aliphatic heterocycles. The topological polar surface area (TPSA) is 30.5 Å². The number of benzene rings is 1. The highest BCUT2D eigenvalue weighted by atomic mass is 19.1. The van der Waals surface area contributed by atoms with E-state index in [9.17, 15) is 4.39 Å². The summed E-state index contributed by atoms with van der Waals surface area (Å²) >= 11 is 0. The van der Waals surface area contributed by atoms with E-state index in [1.807, 2.05) is 6.92 Å². The van der Waals surface area contributed by atoms with Crippen molar-refractivity contribution >= 4 is 0 Å². The van der Waals surface area contributed by atoms with E-state index in [0.717, 1.165) is 39.1 Å². The van der Waals surface area contributed by atoms with Gasteiger partial charge in [0.25, 0.3) is 0 Å². The predicted octanol–water partition coefficient (Wildman–Crippen LogP) is 2.61. The van der Waals surface area contributed by atoms with Crippen molar-refractivity contribution in [1.29, 1.82) is 0 Å². The van der Waals surface area contributed by atoms with Crippen molar-refractivity contribution in [2.24, 2.45) is 0 Å². The first-order valence-electron chi connectivity index (χ1n) is 6.50. The molecule has 0 fully saturated rings. The first kappa shape index (κ1) is 14.9. The van der Waals surface area contributed by atoms with E-state index in [4.69, 9.17) is 9.47 Å². The summed E-state index contributed by atoms with van der Waals surface area (Å²) in [6, 6.07) is 6.45. The number of nitrogens with one attached hydrogen (secondary N) is 1. The van der Waals surface area contributed by atoms with Crippen molar-refractivity contribution in [3.63, 3.8) is 0 Å². The lowest BCUT2D eigenvalue weighted by molar-refractivity contribution is 0.143. The maximum atomic E-state index is 13.2. The minimum Gasteiger partial charge on any atom is -0.489 e. The monoisotopic (exact) mass is 255 g/mol. The van der Waals surface area contributed by atoms with E-state index in [-0.39, 0.29) is 5.82 Å². The van der Waals surface area contributed by atoms with Crippen LogP contribution in [0.25, 0.3) is 0 Å². The molecule has 0 aromatic heterocycles. The molecule has 1 N–H and O–H groups in total. The Hall–Kier alpha value is -1.13. The maximum absolute atomic E-state index is 13.2. The van der Waals surface area contributed by atoms with Crippen LogP contribution in [0.5, 0.6) is 5.75 Å². The van der Waals surface area contributed by atoms with Gasteiger partial charge in [-0.15, -0.1) is 0 Å². The zero-order valence-corrected chi connectivity index (χ0v) is 11.0. The number of hydrogen-bond acceptors (Lipinski definition) is 3. The Morgan fingerprint density at radius 1 is 1.11 bits per heavy atom. The van der Waals surface area contributed by atoms with E-state index in [1.54, 1.807) is 18.2 Å². The Morgan fingerprint density at radius 3 is 2.72 bits per heavy atom. The van der Waals surface area contributed by atoms with Gasteiger partial charge in [0, 0.05) is 19.8 Å². The third-order valence-electron chi connectivity index (χ3n) is 2.47. The van der Waals surface area contributed by atoms with Gasteiger partial charge in [-0.2, -0.15) is 0 Å². The SMILES string of the molecule is CCOCCCCNCCOc1ccccc1F. The van der Waals surface area contributed by atoms with Crippen LogP contribution in [0.2, 0.25) is 0 Å². The standard InChI is InChI=1S/C14H22FNO2/c1-2-17-11-6-5-9-16-10-12-18-14-8-4-3-7-13(14)15/h3-4,7-8,16H,2,5-6,9-12H2,1H3. The molecule has 0 heterocycles. The van der Waals surface area contributed by atoms with Crippen molar-refractivity contribution in [2.75, 3.05) is 32.9 Å². The van der Waals surface area contributed by atoms with Crippen LogP contribution in [0, 0.1) is 5.82 Å². The maximum Gasteiger partial charge on any atom is 0.165 e. The fourth-order valence-corrected chi connectivity index (χ4v) is 1.52. The zero-order valence-electron chi connectivity index (χ0n) is 11.0. The van der Waals surface area contributed by atoms with Gasteiger partial charge in [-0.25, -0.2) is 4.39 Å². The average molecular weight is 255 g/mol. The summed E-state index contributed by atoms with van der Waals surface area (Å²) in [5.41, 5.74) is 0. The van der Waals surface area contributed by atoms with Gasteiger partial charge in [-0.05, 0) is 38.4 Å². The van der Waals surface area contributed by atoms with Gasteiger partial charge in [0.1, 0.15) is 6.61 Å². The minimum absolute atomic E-state index is 0.311. The van der Waals surface area contributed by atoms with Gasteiger partial charge >= 0.3 is 0 Å². The molecular weight excluding hydrogens is 233 g/mol. The van der Waals surface area contributed by atoms with E-state index in [2.05, 4.69) is 5.32 Å². The minimum atomic E-state index is -0.311. The number of hydrogen-bond donors (Lipinski definition) is 1. The van der Waals surface area contributed by atoms with Crippen LogP contribution in [-0.2, 0) is 4.74 Å². The second-order valence-corrected chi connectivity index (χ2v) is 3.93. The van der Waals surface area contributed by atoms with Gasteiger partial charge in [-0.1, -0.05) is 12.1 Å². The van der Waals surface area contributed by atoms with Gasteiger partial charge in [0.05, 0.1) is 0 Å². The molecule has 0 aliphatic rings. The van der Waals surface area contributed by atoms with E-state index in [1.165, 1.54) is 6.07 Å². The summed E-state index contributed by atoms with van der Waals surface area (Å²) in [4.78, 5) is 0. The molecule has 0 unspecified atom stereocenters. The highest BCUT2D eigenvalue weighted by Gasteiger charge is 1.99. The number of unbranched alkanes of at least 4 members (excludes halogenated alkanes) is 1. The van der Waals surface area contributed by atoms with Crippen LogP contribution in [0.15, 0.2) is 24.3 Å². The second kappa shape index (κ2) is 9.85. The number of para-hydroxylation sites is 1. The molecule has 0 radical (unpaired) electrons. The lowest BCUT2D eigenvalue weighted by atomic mass is 10.3. The van der Waals surface area contributed by atoms with Gasteiger partial charge in [0.15, 0.2) is 11.6 Å². The Balaban J connectivity index is 1.94. The molecule has 0 amide bonds. The molecule has 1 aromatic rings. The molecule has 102 valence electrons. The Labute approximate surface area is 108 Å². The van der Waals surface area contributed by atoms with Gasteiger partial charge in [0.2, 0.25) is 0 Å². The average Bonchev–Trinajstić information content (AvgIpc) is 2.39. The van der Waals surface area contributed by atoms with Crippen LogP contribution in [0.3, 0.4) is 0 Å². The van der Waals surface area contributed by atoms with Crippen LogP contribution in [-0.4, -0.2) is 32.9 Å². The van der Waals surface area contributed by atoms with Crippen molar-refractivity contribution < 1.29 is 13.9 Å². The van der Waals surface area contributed by atoms with Crippen LogP contribution in [0.1, 0.15) is 19.8 Å². The largest absolute Gasteiger partial charge is 0.489 e. The lowest BCUT2D eigenvalue weighted by Gasteiger charge is -2.08. The quantitative estimate of drug-likeness (QED) is 0.652. The summed E-state index contributed by atoms with van der Waals surface area (Å²) in [6.45, 7) is 5.75. The molecule has 0 saturated carbocycles. The fourth-order valence-electron chi connectivity index (χ4n) is 1.52. The predicted molar refractivity (Wildman–Crippen MR) is 70.5 cm³/mol. The Morgan fingerprint density at radius 2 is 1.94 bits per heavy atom. The smallest absolute Gasteiger partial charge is 0.165 e. The zero-order chi connectivity index (χ0) is 13.1. The molecule has 0 aliphatic carbocycles. The third kappa shape index (κ3) is 6.57. The number of ether oxygens (including phenoxy) is 2. The van der Waals surface area contributed by atoms with Crippen LogP contribution >= 0.6 is 0 Å². The Kier molecular flexibility index (Phi) is 8.17. The van der Waals surface area contributed by atoms with Crippen LogP contribution < -0.4 is 10.1 Å². The Bertz CT molecular complexity index is 320. The van der Waals surface area contributed by atoms with Crippen molar-refractivity contribution in [3.05, 3.63) is 30.1 Å². The molecule has 1 aromatic carbocycles. The van der Waals surface area contributed by atoms with Gasteiger partial charge in [-0.3, -0.25) is 0 Å². The molecule has 0 spiro atoms. The molecule has 18 heavy (non-hydrogen) atoms. The molecule has 0 saturated heterocycles. The normalized spacial score (nSPS) is 10.6. The lowest BCUT2D eigenvalue weighted by Crippen LogP contribution is -2.22. The molecule has 1 rings (SSSR count). The molecule has 4 heteroatoms. The van der Waals surface area contributed by atoms with E-state index < -0.39 is 0 Å². The van der Waals surface area contributed by atoms with Crippen molar-refractivity contribution in [1.82, 2.24) is 5.32 Å². The summed E-state index contributed by atoms with van der Waals surface area (Å²) in [5, 5.41) is 3.25. The summed E-state index contributed by atoms with van der Waals surface area (Å²) in [6.07, 6.45) is 2.15. The molecule has 0 atom stereocenters. The first-order chi connectivity index (χ1) is 8.84. The molecule has 3 nitrogen and oxygen atoms in total. The summed E-state index contributed by atoms with van der Waals surface area (Å²) in [5.74, 6) is 0.00450. The second-order valence-electron chi connectivity index (χ2n) is 3.93. The van der Waals surface area contributed by atoms with Crippen molar-refractivity contribution in [2.45, 2.75) is 19.8 Å². The van der Waals surface area contributed by atoms with E-state index >= 15 is 0 Å². The van der Waals surface area contributed by atoms with Crippen molar-refractivity contribution in [3.8, 4) is 5.75 Å². The summed E-state index contributed by atoms with van der Waals surface area (Å²) in [7, 11) is 0. The molecule has 0 bridgehead atoms. The van der Waals surface area contributed by atoms with E-state index in [0.29, 0.717) is 12.4 Å². The third-order valence-corrected chi connectivity index (χ3v) is 2.47. The highest BCUT2D eigenvalue weighted by Crippen LogP contribution is 2.14. The fraction of sp³-hybridized carbons (Fsp3) is 0.571. The van der Waals surface area contributed by atoms with Gasteiger partial charge < -0.3 is 14.8 Å². The highest BCUT2D eigenvalue weighted by molar-refractivity contribution is 5.23. The summed E-state index contributed by atoms with van der Waals surface area (Å²) < 4.78 is 23.7. The molecular formula is C14H22FNO2. The number of halogens is 1. The number of rotatable bonds is 10. The van der Waals surface area contributed by atoms with Crippen LogP contribution in [0.4, 0.5) is 4.39 Å². The first-order valence-corrected chi connectivity index (χ1v) is 6.50.